The topological polar surface area (TPSA) is 63.2 Å². The third-order valence-corrected chi connectivity index (χ3v) is 4.42. The lowest BCUT2D eigenvalue weighted by atomic mass is 10.1. The first-order chi connectivity index (χ1) is 12.0. The Morgan fingerprint density at radius 2 is 2.08 bits per heavy atom. The highest BCUT2D eigenvalue weighted by atomic mass is 79.9. The van der Waals surface area contributed by atoms with Crippen molar-refractivity contribution in [1.82, 2.24) is 10.3 Å². The van der Waals surface area contributed by atoms with Gasteiger partial charge in [-0.1, -0.05) is 68.8 Å². The molecule has 7 heteroatoms. The Kier molecular flexibility index (Phi) is 12.5. The molecule has 1 aliphatic rings. The third-order valence-electron chi connectivity index (χ3n) is 2.92. The molecule has 0 aromatic carbocycles. The largest absolute Gasteiger partial charge is 0.362 e. The van der Waals surface area contributed by atoms with E-state index in [0.717, 1.165) is 9.36 Å². The van der Waals surface area contributed by atoms with Gasteiger partial charge in [-0.25, -0.2) is 4.98 Å². The van der Waals surface area contributed by atoms with Crippen LogP contribution in [0.5, 0.6) is 0 Å². The molecule has 2 rings (SSSR count). The van der Waals surface area contributed by atoms with Gasteiger partial charge >= 0.3 is 0 Å². The van der Waals surface area contributed by atoms with Crippen LogP contribution in [0.1, 0.15) is 53.3 Å². The van der Waals surface area contributed by atoms with E-state index in [2.05, 4.69) is 45.4 Å². The molecule has 0 aliphatic carbocycles. The maximum atomic E-state index is 11.0. The van der Waals surface area contributed by atoms with Crippen molar-refractivity contribution in [3.63, 3.8) is 0 Å². The molecule has 1 aromatic rings. The molecule has 142 valence electrons. The molecule has 2 heterocycles. The Hall–Kier alpha value is -1.18. The second kappa shape index (κ2) is 13.1. The number of carbonyl (C=O) groups is 1. The number of anilines is 1. The number of nitrogens with zero attached hydrogens (tertiary/aromatic N) is 1. The molecule has 0 saturated carbocycles. The Morgan fingerprint density at radius 1 is 1.44 bits per heavy atom. The number of carbonyl (C=O) groups excluding carboxylic acids is 1. The fourth-order valence-electron chi connectivity index (χ4n) is 1.72. The van der Waals surface area contributed by atoms with E-state index in [-0.39, 0.29) is 12.1 Å². The normalized spacial score (nSPS) is 16.6. The number of thiazole rings is 1. The van der Waals surface area contributed by atoms with Gasteiger partial charge < -0.3 is 15.4 Å². The number of ether oxygens (including phenoxy) is 1. The minimum atomic E-state index is -0.196. The van der Waals surface area contributed by atoms with Gasteiger partial charge in [0.2, 0.25) is 5.91 Å². The average molecular weight is 432 g/mol. The maximum Gasteiger partial charge on any atom is 0.223 e. The zero-order valence-electron chi connectivity index (χ0n) is 16.1. The van der Waals surface area contributed by atoms with E-state index in [4.69, 9.17) is 4.74 Å². The first kappa shape index (κ1) is 23.8. The highest BCUT2D eigenvalue weighted by Crippen LogP contribution is 2.26. The fraction of sp³-hybridized carbons (Fsp3) is 0.556. The summed E-state index contributed by atoms with van der Waals surface area (Å²) in [4.78, 5) is 16.0. The molecular formula is C18H30BrN3O2S. The van der Waals surface area contributed by atoms with Crippen molar-refractivity contribution in [3.8, 4) is 0 Å². The Labute approximate surface area is 164 Å². The number of aromatic nitrogens is 1. The standard InChI is InChI=1S/C14H18BrN3O2S.2C2H6/c1-8(2)10-5-16-13(20-7-10)12(15)4-11-6-17-14(21-11)18-9(3)19;2*1-2/h4-6,8,13,16H,7H2,1-3H3,(H,17,18,19);2*1-2H3/b12-4-;;. The van der Waals surface area contributed by atoms with Crippen LogP contribution >= 0.6 is 27.3 Å². The van der Waals surface area contributed by atoms with E-state index in [9.17, 15) is 4.79 Å². The molecule has 0 bridgehead atoms. The highest BCUT2D eigenvalue weighted by molar-refractivity contribution is 9.11. The minimum absolute atomic E-state index is 0.123. The van der Waals surface area contributed by atoms with Gasteiger partial charge in [0.05, 0.1) is 6.61 Å². The molecule has 0 fully saturated rings. The van der Waals surface area contributed by atoms with Gasteiger partial charge in [-0.15, -0.1) is 0 Å². The summed E-state index contributed by atoms with van der Waals surface area (Å²) in [5, 5.41) is 6.48. The molecule has 1 amide bonds. The summed E-state index contributed by atoms with van der Waals surface area (Å²) in [6.45, 7) is 14.4. The van der Waals surface area contributed by atoms with Crippen LogP contribution in [0.2, 0.25) is 0 Å². The summed E-state index contributed by atoms with van der Waals surface area (Å²) in [6.07, 6.45) is 5.48. The number of halogens is 1. The second-order valence-electron chi connectivity index (χ2n) is 5.01. The van der Waals surface area contributed by atoms with Crippen LogP contribution < -0.4 is 10.6 Å². The van der Waals surface area contributed by atoms with E-state index in [1.807, 2.05) is 40.0 Å². The minimum Gasteiger partial charge on any atom is -0.362 e. The summed E-state index contributed by atoms with van der Waals surface area (Å²) in [6, 6.07) is 0. The van der Waals surface area contributed by atoms with Gasteiger partial charge in [0.25, 0.3) is 0 Å². The van der Waals surface area contributed by atoms with Crippen molar-refractivity contribution >= 4 is 44.4 Å². The van der Waals surface area contributed by atoms with Gasteiger partial charge in [0.1, 0.15) is 0 Å². The van der Waals surface area contributed by atoms with Crippen LogP contribution in [-0.4, -0.2) is 23.7 Å². The summed E-state index contributed by atoms with van der Waals surface area (Å²) >= 11 is 4.94. The van der Waals surface area contributed by atoms with Crippen molar-refractivity contribution in [2.24, 2.45) is 5.92 Å². The molecule has 0 saturated heterocycles. The van der Waals surface area contributed by atoms with Crippen LogP contribution in [0.4, 0.5) is 5.13 Å². The highest BCUT2D eigenvalue weighted by Gasteiger charge is 2.18. The molecule has 5 nitrogen and oxygen atoms in total. The van der Waals surface area contributed by atoms with Gasteiger partial charge in [-0.05, 0) is 17.6 Å². The van der Waals surface area contributed by atoms with Crippen LogP contribution in [-0.2, 0) is 9.53 Å². The Balaban J connectivity index is 0.00000134. The first-order valence-corrected chi connectivity index (χ1v) is 10.2. The quantitative estimate of drug-likeness (QED) is 0.671. The van der Waals surface area contributed by atoms with Crippen molar-refractivity contribution < 1.29 is 9.53 Å². The van der Waals surface area contributed by atoms with Crippen molar-refractivity contribution in [2.45, 2.75) is 54.7 Å². The van der Waals surface area contributed by atoms with E-state index in [0.29, 0.717) is 17.7 Å². The Morgan fingerprint density at radius 3 is 2.56 bits per heavy atom. The summed E-state index contributed by atoms with van der Waals surface area (Å²) < 4.78 is 6.67. The lowest BCUT2D eigenvalue weighted by Crippen LogP contribution is -2.34. The zero-order chi connectivity index (χ0) is 19.4. The van der Waals surface area contributed by atoms with Crippen molar-refractivity contribution in [2.75, 3.05) is 11.9 Å². The SMILES string of the molecule is CC.CC.CC(=O)Nc1ncc(/C=C(\Br)C2NC=C(C(C)C)CO2)s1. The average Bonchev–Trinajstić information content (AvgIpc) is 3.04. The lowest BCUT2D eigenvalue weighted by Gasteiger charge is -2.26. The third kappa shape index (κ3) is 8.65. The smallest absolute Gasteiger partial charge is 0.223 e. The zero-order valence-corrected chi connectivity index (χ0v) is 18.5. The first-order valence-electron chi connectivity index (χ1n) is 8.63. The van der Waals surface area contributed by atoms with Crippen LogP contribution in [0.15, 0.2) is 22.5 Å². The molecule has 2 N–H and O–H groups in total. The van der Waals surface area contributed by atoms with E-state index in [1.165, 1.54) is 23.8 Å². The number of rotatable bonds is 4. The molecule has 1 aromatic heterocycles. The van der Waals surface area contributed by atoms with E-state index < -0.39 is 0 Å². The van der Waals surface area contributed by atoms with Gasteiger partial charge in [0, 0.05) is 28.7 Å². The predicted molar refractivity (Wildman–Crippen MR) is 112 cm³/mol. The summed E-state index contributed by atoms with van der Waals surface area (Å²) in [5.74, 6) is 0.352. The monoisotopic (exact) mass is 431 g/mol. The lowest BCUT2D eigenvalue weighted by molar-refractivity contribution is -0.114. The molecule has 1 aliphatic heterocycles. The number of hydrogen-bond donors (Lipinski definition) is 2. The molecule has 25 heavy (non-hydrogen) atoms. The summed E-state index contributed by atoms with van der Waals surface area (Å²) in [5.41, 5.74) is 1.25. The number of hydrogen-bond acceptors (Lipinski definition) is 5. The van der Waals surface area contributed by atoms with Crippen molar-refractivity contribution in [1.29, 1.82) is 0 Å². The van der Waals surface area contributed by atoms with E-state index in [1.54, 1.807) is 6.20 Å². The molecule has 0 spiro atoms. The summed E-state index contributed by atoms with van der Waals surface area (Å²) in [7, 11) is 0. The molecule has 1 unspecified atom stereocenters. The second-order valence-corrected chi connectivity index (χ2v) is 6.99. The molecular weight excluding hydrogens is 402 g/mol. The van der Waals surface area contributed by atoms with Gasteiger partial charge in [-0.3, -0.25) is 4.79 Å². The predicted octanol–water partition coefficient (Wildman–Crippen LogP) is 5.38. The Bertz CT molecular complexity index is 583. The maximum absolute atomic E-state index is 11.0. The van der Waals surface area contributed by atoms with Crippen LogP contribution in [0, 0.1) is 5.92 Å². The molecule has 1 atom stereocenters. The number of nitrogens with one attached hydrogen (secondary N) is 2. The van der Waals surface area contributed by atoms with E-state index >= 15 is 0 Å². The van der Waals surface area contributed by atoms with Gasteiger partial charge in [-0.2, -0.15) is 0 Å². The fourth-order valence-corrected chi connectivity index (χ4v) is 3.20. The van der Waals surface area contributed by atoms with Crippen LogP contribution in [0.3, 0.4) is 0 Å². The van der Waals surface area contributed by atoms with Gasteiger partial charge in [0.15, 0.2) is 11.4 Å². The molecule has 0 radical (unpaired) electrons. The number of amides is 1. The van der Waals surface area contributed by atoms with Crippen LogP contribution in [0.25, 0.3) is 6.08 Å². The van der Waals surface area contributed by atoms with Crippen molar-refractivity contribution in [3.05, 3.63) is 27.3 Å².